The molecule has 1 aromatic carbocycles. The van der Waals surface area contributed by atoms with Crippen LogP contribution >= 0.6 is 0 Å². The van der Waals surface area contributed by atoms with Gasteiger partial charge in [-0.25, -0.2) is 4.98 Å². The van der Waals surface area contributed by atoms with Crippen LogP contribution in [0.5, 0.6) is 0 Å². The average Bonchev–Trinajstić information content (AvgIpc) is 3.36. The van der Waals surface area contributed by atoms with Crippen LogP contribution in [0.2, 0.25) is 0 Å². The third kappa shape index (κ3) is 3.67. The average molecular weight is 366 g/mol. The van der Waals surface area contributed by atoms with Crippen LogP contribution in [0.1, 0.15) is 23.3 Å². The number of hydrogen-bond acceptors (Lipinski definition) is 6. The molecule has 0 spiro atoms. The Kier molecular flexibility index (Phi) is 4.82. The first kappa shape index (κ1) is 17.2. The van der Waals surface area contributed by atoms with Gasteiger partial charge in [-0.15, -0.1) is 0 Å². The fraction of sp³-hybridized carbons (Fsp3) is 0.389. The first-order chi connectivity index (χ1) is 13.2. The normalized spacial score (nSPS) is 15.1. The highest BCUT2D eigenvalue weighted by atomic mass is 16.1. The number of piperidine rings is 1. The van der Waals surface area contributed by atoms with Gasteiger partial charge in [0.15, 0.2) is 0 Å². The van der Waals surface area contributed by atoms with Crippen molar-refractivity contribution in [3.63, 3.8) is 0 Å². The number of nitrogens with zero attached hydrogens (tertiary/aromatic N) is 7. The Bertz CT molecular complexity index is 895. The monoisotopic (exact) mass is 366 g/mol. The van der Waals surface area contributed by atoms with Gasteiger partial charge in [-0.05, 0) is 41.3 Å². The Hall–Kier alpha value is -3.23. The summed E-state index contributed by atoms with van der Waals surface area (Å²) in [5, 5.41) is 15.2. The zero-order chi connectivity index (χ0) is 18.6. The van der Waals surface area contributed by atoms with Gasteiger partial charge in [0.1, 0.15) is 5.69 Å². The van der Waals surface area contributed by atoms with Gasteiger partial charge >= 0.3 is 0 Å². The number of amides is 1. The second-order valence-electron chi connectivity index (χ2n) is 6.76. The van der Waals surface area contributed by atoms with E-state index in [4.69, 9.17) is 0 Å². The molecule has 1 saturated heterocycles. The van der Waals surface area contributed by atoms with E-state index in [-0.39, 0.29) is 5.91 Å². The lowest BCUT2D eigenvalue weighted by atomic mass is 9.97. The molecule has 140 valence electrons. The topological polar surface area (TPSA) is 93.8 Å². The van der Waals surface area contributed by atoms with Crippen molar-refractivity contribution in [3.8, 4) is 5.69 Å². The lowest BCUT2D eigenvalue weighted by molar-refractivity contribution is 0.0936. The van der Waals surface area contributed by atoms with Gasteiger partial charge in [0.05, 0.1) is 18.2 Å². The number of aromatic nitrogens is 6. The van der Waals surface area contributed by atoms with E-state index < -0.39 is 0 Å². The number of hydrogen-bond donors (Lipinski definition) is 1. The Morgan fingerprint density at radius 1 is 1.22 bits per heavy atom. The zero-order valence-corrected chi connectivity index (χ0v) is 15.2. The molecule has 0 aliphatic carbocycles. The number of rotatable bonds is 5. The van der Waals surface area contributed by atoms with E-state index in [0.717, 1.165) is 37.6 Å². The van der Waals surface area contributed by atoms with Gasteiger partial charge in [0, 0.05) is 26.7 Å². The molecule has 3 heterocycles. The Morgan fingerprint density at radius 3 is 2.70 bits per heavy atom. The van der Waals surface area contributed by atoms with E-state index in [1.165, 1.54) is 0 Å². The lowest BCUT2D eigenvalue weighted by Gasteiger charge is -2.32. The van der Waals surface area contributed by atoms with Gasteiger partial charge < -0.3 is 14.8 Å². The molecule has 9 heteroatoms. The maximum Gasteiger partial charge on any atom is 0.269 e. The highest BCUT2D eigenvalue weighted by Gasteiger charge is 2.24. The van der Waals surface area contributed by atoms with Crippen LogP contribution in [0.15, 0.2) is 42.9 Å². The predicted octanol–water partition coefficient (Wildman–Crippen LogP) is 1.04. The summed E-state index contributed by atoms with van der Waals surface area (Å²) in [6.45, 7) is 2.39. The summed E-state index contributed by atoms with van der Waals surface area (Å²) in [7, 11) is 1.82. The second kappa shape index (κ2) is 7.56. The van der Waals surface area contributed by atoms with E-state index in [1.54, 1.807) is 21.8 Å². The van der Waals surface area contributed by atoms with Crippen molar-refractivity contribution in [1.29, 1.82) is 0 Å². The number of tetrazole rings is 1. The molecule has 1 fully saturated rings. The van der Waals surface area contributed by atoms with Gasteiger partial charge in [0.2, 0.25) is 5.95 Å². The molecule has 1 amide bonds. The van der Waals surface area contributed by atoms with E-state index in [0.29, 0.717) is 18.2 Å². The summed E-state index contributed by atoms with van der Waals surface area (Å²) in [6.07, 6.45) is 5.17. The van der Waals surface area contributed by atoms with Crippen LogP contribution in [0, 0.1) is 5.92 Å². The molecule has 9 nitrogen and oxygen atoms in total. The van der Waals surface area contributed by atoms with Crippen molar-refractivity contribution in [3.05, 3.63) is 48.5 Å². The number of carbonyl (C=O) groups is 1. The maximum atomic E-state index is 12.2. The molecular formula is C18H22N8O. The summed E-state index contributed by atoms with van der Waals surface area (Å²) in [4.78, 5) is 18.4. The van der Waals surface area contributed by atoms with Crippen LogP contribution in [0.4, 0.5) is 5.95 Å². The first-order valence-electron chi connectivity index (χ1n) is 9.05. The third-order valence-corrected chi connectivity index (χ3v) is 4.95. The molecule has 27 heavy (non-hydrogen) atoms. The quantitative estimate of drug-likeness (QED) is 0.725. The number of carbonyl (C=O) groups excluding carboxylic acids is 1. The van der Waals surface area contributed by atoms with Crippen molar-refractivity contribution < 1.29 is 4.79 Å². The molecule has 0 atom stereocenters. The SMILES string of the molecule is Cn1cncc1C(=O)NCC1CCN(c2nnnn2-c2ccccc2)CC1. The molecule has 0 saturated carbocycles. The highest BCUT2D eigenvalue weighted by Crippen LogP contribution is 2.22. The third-order valence-electron chi connectivity index (χ3n) is 4.95. The molecule has 1 aliphatic rings. The molecule has 0 radical (unpaired) electrons. The van der Waals surface area contributed by atoms with Crippen LogP contribution in [0.3, 0.4) is 0 Å². The number of imidazole rings is 1. The molecule has 1 N–H and O–H groups in total. The summed E-state index contributed by atoms with van der Waals surface area (Å²) >= 11 is 0. The smallest absolute Gasteiger partial charge is 0.269 e. The Morgan fingerprint density at radius 2 is 2.00 bits per heavy atom. The summed E-state index contributed by atoms with van der Waals surface area (Å²) in [5.74, 6) is 1.13. The van der Waals surface area contributed by atoms with Crippen molar-refractivity contribution in [2.24, 2.45) is 13.0 Å². The number of benzene rings is 1. The minimum atomic E-state index is -0.0783. The van der Waals surface area contributed by atoms with Crippen molar-refractivity contribution in [2.45, 2.75) is 12.8 Å². The minimum absolute atomic E-state index is 0.0783. The van der Waals surface area contributed by atoms with E-state index in [9.17, 15) is 4.79 Å². The van der Waals surface area contributed by atoms with E-state index in [1.807, 2.05) is 37.4 Å². The van der Waals surface area contributed by atoms with Crippen molar-refractivity contribution in [2.75, 3.05) is 24.5 Å². The van der Waals surface area contributed by atoms with Gasteiger partial charge in [-0.2, -0.15) is 4.68 Å². The van der Waals surface area contributed by atoms with Gasteiger partial charge in [-0.1, -0.05) is 23.3 Å². The van der Waals surface area contributed by atoms with Gasteiger partial charge in [0.25, 0.3) is 5.91 Å². The van der Waals surface area contributed by atoms with E-state index in [2.05, 4.69) is 30.7 Å². The number of para-hydroxylation sites is 1. The molecule has 1 aliphatic heterocycles. The van der Waals surface area contributed by atoms with Crippen LogP contribution in [-0.2, 0) is 7.05 Å². The largest absolute Gasteiger partial charge is 0.350 e. The number of nitrogens with one attached hydrogen (secondary N) is 1. The van der Waals surface area contributed by atoms with Crippen LogP contribution in [0.25, 0.3) is 5.69 Å². The zero-order valence-electron chi connectivity index (χ0n) is 15.2. The number of aryl methyl sites for hydroxylation is 1. The lowest BCUT2D eigenvalue weighted by Crippen LogP contribution is -2.40. The van der Waals surface area contributed by atoms with Crippen molar-refractivity contribution >= 4 is 11.9 Å². The molecule has 0 unspecified atom stereocenters. The standard InChI is InChI=1S/C18H22N8O/c1-24-13-19-12-16(24)17(27)20-11-14-7-9-25(10-8-14)18-21-22-23-26(18)15-5-3-2-4-6-15/h2-6,12-14H,7-11H2,1H3,(H,20,27). The molecule has 3 aromatic rings. The summed E-state index contributed by atoms with van der Waals surface area (Å²) < 4.78 is 3.49. The fourth-order valence-electron chi connectivity index (χ4n) is 3.36. The summed E-state index contributed by atoms with van der Waals surface area (Å²) in [5.41, 5.74) is 1.53. The second-order valence-corrected chi connectivity index (χ2v) is 6.76. The minimum Gasteiger partial charge on any atom is -0.350 e. The molecule has 0 bridgehead atoms. The summed E-state index contributed by atoms with van der Waals surface area (Å²) in [6, 6.07) is 9.88. The number of anilines is 1. The fourth-order valence-corrected chi connectivity index (χ4v) is 3.36. The van der Waals surface area contributed by atoms with Gasteiger partial charge in [-0.3, -0.25) is 4.79 Å². The Balaban J connectivity index is 1.33. The highest BCUT2D eigenvalue weighted by molar-refractivity contribution is 5.92. The van der Waals surface area contributed by atoms with Crippen molar-refractivity contribution in [1.82, 2.24) is 35.1 Å². The molecule has 4 rings (SSSR count). The first-order valence-corrected chi connectivity index (χ1v) is 9.05. The molecular weight excluding hydrogens is 344 g/mol. The maximum absolute atomic E-state index is 12.2. The van der Waals surface area contributed by atoms with Crippen LogP contribution < -0.4 is 10.2 Å². The predicted molar refractivity (Wildman–Crippen MR) is 99.6 cm³/mol. The van der Waals surface area contributed by atoms with E-state index >= 15 is 0 Å². The Labute approximate surface area is 157 Å². The molecule has 2 aromatic heterocycles. The van der Waals surface area contributed by atoms with Crippen LogP contribution in [-0.4, -0.2) is 55.3 Å².